The standard InChI is InChI=1S/C8H16N4O3/c1-5(13)6(9)4-15-7(14)3-12(2)8(10)11/h6H,3-4,9H2,1-2H3,(H3,10,11)/p+1. The molecule has 0 radical (unpaired) electrons. The monoisotopic (exact) mass is 217 g/mol. The number of Topliss-reactive ketones (excluding diaryl/α,β-unsaturated/α-hetero) is 1. The Morgan fingerprint density at radius 1 is 1.40 bits per heavy atom. The number of nitrogens with two attached hydrogens (primary N) is 3. The zero-order chi connectivity index (χ0) is 12.0. The number of guanidine groups is 1. The Kier molecular flexibility index (Phi) is 5.32. The number of esters is 1. The smallest absolute Gasteiger partial charge is 0.341 e. The fourth-order valence-electron chi connectivity index (χ4n) is 0.631. The molecule has 0 aliphatic heterocycles. The molecule has 0 amide bonds. The number of hydrogen-bond acceptors (Lipinski definition) is 4. The van der Waals surface area contributed by atoms with Crippen LogP contribution in [0.2, 0.25) is 0 Å². The van der Waals surface area contributed by atoms with Crippen LogP contribution >= 0.6 is 0 Å². The van der Waals surface area contributed by atoms with Gasteiger partial charge in [0.1, 0.15) is 12.4 Å². The van der Waals surface area contributed by atoms with Crippen molar-refractivity contribution in [3.63, 3.8) is 0 Å². The molecule has 7 nitrogen and oxygen atoms in total. The molecule has 86 valence electrons. The average molecular weight is 217 g/mol. The van der Waals surface area contributed by atoms with E-state index in [1.165, 1.54) is 11.5 Å². The summed E-state index contributed by atoms with van der Waals surface area (Å²) in [5.74, 6) is -0.758. The molecule has 0 aromatic heterocycles. The third-order valence-electron chi connectivity index (χ3n) is 1.75. The molecule has 0 aliphatic carbocycles. The van der Waals surface area contributed by atoms with E-state index in [1.54, 1.807) is 7.05 Å². The van der Waals surface area contributed by atoms with E-state index in [-0.39, 0.29) is 24.9 Å². The molecule has 0 spiro atoms. The molecule has 0 aromatic carbocycles. The zero-order valence-corrected chi connectivity index (χ0v) is 8.90. The van der Waals surface area contributed by atoms with Gasteiger partial charge in [0.05, 0.1) is 13.1 Å². The Morgan fingerprint density at radius 2 is 1.93 bits per heavy atom. The first-order valence-electron chi connectivity index (χ1n) is 4.35. The van der Waals surface area contributed by atoms with Crippen LogP contribution in [0, 0.1) is 0 Å². The van der Waals surface area contributed by atoms with Gasteiger partial charge in [-0.15, -0.1) is 0 Å². The van der Waals surface area contributed by atoms with Crippen molar-refractivity contribution in [3.05, 3.63) is 0 Å². The molecule has 0 aliphatic rings. The number of ketones is 1. The molecule has 0 saturated carbocycles. The predicted molar refractivity (Wildman–Crippen MR) is 54.0 cm³/mol. The van der Waals surface area contributed by atoms with Crippen LogP contribution in [0.3, 0.4) is 0 Å². The molecule has 0 saturated heterocycles. The van der Waals surface area contributed by atoms with E-state index < -0.39 is 12.0 Å². The third-order valence-corrected chi connectivity index (χ3v) is 1.75. The number of hydrogen-bond donors (Lipinski definition) is 3. The van der Waals surface area contributed by atoms with Crippen LogP contribution in [0.5, 0.6) is 0 Å². The highest BCUT2D eigenvalue weighted by molar-refractivity contribution is 5.81. The molecule has 1 atom stereocenters. The number of likely N-dealkylation sites (N-methyl/N-ethyl adjacent to an activating group) is 1. The van der Waals surface area contributed by atoms with Crippen LogP contribution in [0.1, 0.15) is 6.92 Å². The van der Waals surface area contributed by atoms with Gasteiger partial charge in [-0.3, -0.25) is 20.8 Å². The van der Waals surface area contributed by atoms with Gasteiger partial charge in [-0.25, -0.2) is 4.79 Å². The molecule has 0 aromatic rings. The Morgan fingerprint density at radius 3 is 2.33 bits per heavy atom. The van der Waals surface area contributed by atoms with Crippen LogP contribution in [0.4, 0.5) is 0 Å². The highest BCUT2D eigenvalue weighted by Gasteiger charge is 2.13. The van der Waals surface area contributed by atoms with Crippen molar-refractivity contribution in [3.8, 4) is 0 Å². The highest BCUT2D eigenvalue weighted by Crippen LogP contribution is 1.86. The van der Waals surface area contributed by atoms with E-state index in [9.17, 15) is 9.59 Å². The van der Waals surface area contributed by atoms with Crippen molar-refractivity contribution in [1.82, 2.24) is 0 Å². The molecule has 0 bridgehead atoms. The summed E-state index contributed by atoms with van der Waals surface area (Å²) >= 11 is 0. The van der Waals surface area contributed by atoms with Gasteiger partial charge in [-0.05, 0) is 6.92 Å². The minimum Gasteiger partial charge on any atom is -0.461 e. The van der Waals surface area contributed by atoms with Crippen LogP contribution < -0.4 is 17.2 Å². The minimum atomic E-state index is -0.779. The largest absolute Gasteiger partial charge is 0.461 e. The Balaban J connectivity index is 3.97. The summed E-state index contributed by atoms with van der Waals surface area (Å²) in [5, 5.41) is 0. The maximum absolute atomic E-state index is 11.1. The Hall–Kier alpha value is -1.63. The highest BCUT2D eigenvalue weighted by atomic mass is 16.5. The molecule has 1 unspecified atom stereocenters. The summed E-state index contributed by atoms with van der Waals surface area (Å²) < 4.78 is 6.06. The summed E-state index contributed by atoms with van der Waals surface area (Å²) in [6.07, 6.45) is 0. The molecule has 15 heavy (non-hydrogen) atoms. The first kappa shape index (κ1) is 13.4. The van der Waals surface area contributed by atoms with Gasteiger partial charge in [0.15, 0.2) is 6.54 Å². The Bertz CT molecular complexity index is 284. The quantitative estimate of drug-likeness (QED) is 0.200. The lowest BCUT2D eigenvalue weighted by Crippen LogP contribution is -2.38. The summed E-state index contributed by atoms with van der Waals surface area (Å²) in [7, 11) is 1.54. The molecular weight excluding hydrogens is 200 g/mol. The van der Waals surface area contributed by atoms with E-state index in [0.717, 1.165) is 0 Å². The summed E-state index contributed by atoms with van der Waals surface area (Å²) in [4.78, 5) is 21.8. The fraction of sp³-hybridized carbons (Fsp3) is 0.625. The van der Waals surface area contributed by atoms with Gasteiger partial charge in [0.25, 0.3) is 0 Å². The molecule has 0 fully saturated rings. The minimum absolute atomic E-state index is 0.0165. The van der Waals surface area contributed by atoms with Gasteiger partial charge < -0.3 is 10.5 Å². The van der Waals surface area contributed by atoms with Gasteiger partial charge in [-0.2, -0.15) is 0 Å². The fourth-order valence-corrected chi connectivity index (χ4v) is 0.631. The number of carbonyl (C=O) groups excluding carboxylic acids is 2. The first-order chi connectivity index (χ1) is 6.84. The lowest BCUT2D eigenvalue weighted by atomic mass is 10.2. The molecular formula is C8H17N4O3+. The normalized spacial score (nSPS) is 11.7. The lowest BCUT2D eigenvalue weighted by molar-refractivity contribution is -0.489. The van der Waals surface area contributed by atoms with Crippen molar-refractivity contribution < 1.29 is 18.9 Å². The lowest BCUT2D eigenvalue weighted by Gasteiger charge is -2.09. The second-order valence-electron chi connectivity index (χ2n) is 3.18. The molecule has 0 heterocycles. The number of ether oxygens (including phenoxy) is 1. The van der Waals surface area contributed by atoms with Crippen molar-refractivity contribution in [2.75, 3.05) is 20.2 Å². The van der Waals surface area contributed by atoms with Crippen LogP contribution in [-0.2, 0) is 14.3 Å². The molecule has 6 N–H and O–H groups in total. The van der Waals surface area contributed by atoms with Crippen LogP contribution in [0.25, 0.3) is 0 Å². The van der Waals surface area contributed by atoms with Gasteiger partial charge in [0, 0.05) is 0 Å². The second kappa shape index (κ2) is 5.97. The summed E-state index contributed by atoms with van der Waals surface area (Å²) in [6.45, 7) is 1.12. The van der Waals surface area contributed by atoms with Crippen molar-refractivity contribution in [2.45, 2.75) is 13.0 Å². The van der Waals surface area contributed by atoms with E-state index in [0.29, 0.717) is 0 Å². The first-order valence-corrected chi connectivity index (χ1v) is 4.35. The second-order valence-corrected chi connectivity index (χ2v) is 3.18. The summed E-state index contributed by atoms with van der Waals surface area (Å²) in [5.41, 5.74) is 15.8. The van der Waals surface area contributed by atoms with Crippen molar-refractivity contribution in [1.29, 1.82) is 0 Å². The predicted octanol–water partition coefficient (Wildman–Crippen LogP) is -2.64. The van der Waals surface area contributed by atoms with Gasteiger partial charge in [0.2, 0.25) is 0 Å². The van der Waals surface area contributed by atoms with E-state index in [4.69, 9.17) is 21.9 Å². The van der Waals surface area contributed by atoms with E-state index in [2.05, 4.69) is 0 Å². The maximum atomic E-state index is 11.1. The van der Waals surface area contributed by atoms with Crippen LogP contribution in [-0.4, -0.2) is 48.5 Å². The average Bonchev–Trinajstić information content (AvgIpc) is 2.13. The van der Waals surface area contributed by atoms with Crippen molar-refractivity contribution >= 4 is 17.7 Å². The van der Waals surface area contributed by atoms with E-state index in [1.807, 2.05) is 0 Å². The van der Waals surface area contributed by atoms with Gasteiger partial charge in [-0.1, -0.05) is 0 Å². The van der Waals surface area contributed by atoms with Crippen molar-refractivity contribution in [2.24, 2.45) is 17.2 Å². The number of nitrogens with zero attached hydrogens (tertiary/aromatic N) is 1. The topological polar surface area (TPSA) is 124 Å². The Labute approximate surface area is 87.9 Å². The van der Waals surface area contributed by atoms with Crippen LogP contribution in [0.15, 0.2) is 0 Å². The maximum Gasteiger partial charge on any atom is 0.341 e. The number of rotatable bonds is 5. The SMILES string of the molecule is CC(=O)C(N)COC(=O)C[N+](C)=C(N)N. The number of carbonyl (C=O) groups is 2. The van der Waals surface area contributed by atoms with Gasteiger partial charge >= 0.3 is 11.9 Å². The van der Waals surface area contributed by atoms with E-state index >= 15 is 0 Å². The molecule has 0 rings (SSSR count). The zero-order valence-electron chi connectivity index (χ0n) is 8.90. The third kappa shape index (κ3) is 5.63. The summed E-state index contributed by atoms with van der Waals surface area (Å²) in [6, 6.07) is -0.779. The molecule has 7 heteroatoms.